The Morgan fingerprint density at radius 3 is 2.21 bits per heavy atom. The monoisotopic (exact) mass is 411 g/mol. The lowest BCUT2D eigenvalue weighted by atomic mass is 10.1. The van der Waals surface area contributed by atoms with Crippen LogP contribution in [0.3, 0.4) is 0 Å². The number of sulfonamides is 1. The van der Waals surface area contributed by atoms with Crippen molar-refractivity contribution in [1.29, 1.82) is 0 Å². The van der Waals surface area contributed by atoms with Crippen molar-refractivity contribution in [3.05, 3.63) is 66.5 Å². The quantitative estimate of drug-likeness (QED) is 0.554. The van der Waals surface area contributed by atoms with E-state index in [1.54, 1.807) is 12.1 Å². The molecule has 0 unspecified atom stereocenters. The Morgan fingerprint density at radius 2 is 1.55 bits per heavy atom. The van der Waals surface area contributed by atoms with E-state index in [-0.39, 0.29) is 11.4 Å². The maximum Gasteiger partial charge on any atom is 0.240 e. The third kappa shape index (κ3) is 5.52. The summed E-state index contributed by atoms with van der Waals surface area (Å²) >= 11 is 0. The number of rotatable bonds is 8. The number of nitrogens with zero attached hydrogens (tertiary/aromatic N) is 3. The molecule has 0 saturated carbocycles. The van der Waals surface area contributed by atoms with Gasteiger partial charge in [-0.1, -0.05) is 42.5 Å². The SMILES string of the molecule is Cc1nc(NCCNS(=O)(=O)c2ccc(-c3ccccc3)cc2)cc(N(C)C)n1. The van der Waals surface area contributed by atoms with Crippen molar-refractivity contribution >= 4 is 21.7 Å². The molecule has 0 spiro atoms. The minimum absolute atomic E-state index is 0.239. The number of nitrogens with one attached hydrogen (secondary N) is 2. The van der Waals surface area contributed by atoms with Crippen LogP contribution >= 0.6 is 0 Å². The fourth-order valence-corrected chi connectivity index (χ4v) is 3.82. The summed E-state index contributed by atoms with van der Waals surface area (Å²) in [5.74, 6) is 2.10. The predicted octanol–water partition coefficient (Wildman–Crippen LogP) is 2.91. The van der Waals surface area contributed by atoms with E-state index in [0.29, 0.717) is 18.2 Å². The molecule has 0 atom stereocenters. The van der Waals surface area contributed by atoms with Crippen LogP contribution in [-0.4, -0.2) is 45.6 Å². The lowest BCUT2D eigenvalue weighted by Crippen LogP contribution is -2.29. The van der Waals surface area contributed by atoms with Crippen molar-refractivity contribution in [2.45, 2.75) is 11.8 Å². The summed E-state index contributed by atoms with van der Waals surface area (Å²) in [6, 6.07) is 18.5. The van der Waals surface area contributed by atoms with Gasteiger partial charge in [0.1, 0.15) is 17.5 Å². The average Bonchev–Trinajstić information content (AvgIpc) is 2.71. The molecule has 0 aliphatic carbocycles. The molecule has 1 heterocycles. The highest BCUT2D eigenvalue weighted by Crippen LogP contribution is 2.21. The zero-order valence-corrected chi connectivity index (χ0v) is 17.6. The van der Waals surface area contributed by atoms with Crippen molar-refractivity contribution in [1.82, 2.24) is 14.7 Å². The molecule has 0 aliphatic rings. The van der Waals surface area contributed by atoms with Crippen LogP contribution in [0.4, 0.5) is 11.6 Å². The highest BCUT2D eigenvalue weighted by molar-refractivity contribution is 7.89. The second kappa shape index (κ2) is 9.02. The van der Waals surface area contributed by atoms with E-state index in [4.69, 9.17) is 0 Å². The largest absolute Gasteiger partial charge is 0.369 e. The highest BCUT2D eigenvalue weighted by atomic mass is 32.2. The minimum Gasteiger partial charge on any atom is -0.369 e. The Labute approximate surface area is 171 Å². The molecule has 0 aliphatic heterocycles. The number of aryl methyl sites for hydroxylation is 1. The predicted molar refractivity (Wildman–Crippen MR) is 117 cm³/mol. The van der Waals surface area contributed by atoms with E-state index in [9.17, 15) is 8.42 Å². The summed E-state index contributed by atoms with van der Waals surface area (Å²) in [5.41, 5.74) is 2.02. The first-order valence-electron chi connectivity index (χ1n) is 9.27. The average molecular weight is 412 g/mol. The zero-order valence-electron chi connectivity index (χ0n) is 16.8. The van der Waals surface area contributed by atoms with Gasteiger partial charge in [-0.15, -0.1) is 0 Å². The Balaban J connectivity index is 1.58. The number of anilines is 2. The van der Waals surface area contributed by atoms with E-state index in [1.807, 2.05) is 74.4 Å². The van der Waals surface area contributed by atoms with Gasteiger partial charge >= 0.3 is 0 Å². The van der Waals surface area contributed by atoms with Gasteiger partial charge < -0.3 is 10.2 Å². The Bertz CT molecular complexity index is 1050. The Morgan fingerprint density at radius 1 is 0.897 bits per heavy atom. The molecule has 152 valence electrons. The topological polar surface area (TPSA) is 87.2 Å². The van der Waals surface area contributed by atoms with Crippen LogP contribution in [-0.2, 0) is 10.0 Å². The molecule has 3 rings (SSSR count). The summed E-state index contributed by atoms with van der Waals surface area (Å²) in [4.78, 5) is 10.8. The Hall–Kier alpha value is -2.97. The second-order valence-electron chi connectivity index (χ2n) is 6.77. The van der Waals surface area contributed by atoms with Crippen LogP contribution in [0.25, 0.3) is 11.1 Å². The molecule has 0 fully saturated rings. The van der Waals surface area contributed by atoms with Crippen molar-refractivity contribution < 1.29 is 8.42 Å². The molecular formula is C21H25N5O2S. The fourth-order valence-electron chi connectivity index (χ4n) is 2.79. The smallest absolute Gasteiger partial charge is 0.240 e. The lowest BCUT2D eigenvalue weighted by molar-refractivity contribution is 0.583. The van der Waals surface area contributed by atoms with E-state index in [1.165, 1.54) is 0 Å². The van der Waals surface area contributed by atoms with Gasteiger partial charge in [0.25, 0.3) is 0 Å². The molecule has 7 nitrogen and oxygen atoms in total. The van der Waals surface area contributed by atoms with Gasteiger partial charge in [-0.2, -0.15) is 0 Å². The Kier molecular flexibility index (Phi) is 6.46. The van der Waals surface area contributed by atoms with Crippen LogP contribution in [0.2, 0.25) is 0 Å². The van der Waals surface area contributed by atoms with Gasteiger partial charge in [0, 0.05) is 33.3 Å². The molecule has 8 heteroatoms. The molecule has 1 aromatic heterocycles. The van der Waals surface area contributed by atoms with Gasteiger partial charge in [-0.3, -0.25) is 0 Å². The molecule has 0 saturated heterocycles. The molecule has 2 N–H and O–H groups in total. The maximum absolute atomic E-state index is 12.5. The fraction of sp³-hybridized carbons (Fsp3) is 0.238. The first-order chi connectivity index (χ1) is 13.8. The van der Waals surface area contributed by atoms with Crippen LogP contribution in [0.1, 0.15) is 5.82 Å². The molecule has 0 radical (unpaired) electrons. The summed E-state index contributed by atoms with van der Waals surface area (Å²) in [5, 5.41) is 3.13. The molecule has 3 aromatic rings. The van der Waals surface area contributed by atoms with Crippen LogP contribution in [0, 0.1) is 6.92 Å². The normalized spacial score (nSPS) is 11.3. The van der Waals surface area contributed by atoms with E-state index in [2.05, 4.69) is 20.0 Å². The van der Waals surface area contributed by atoms with Crippen molar-refractivity contribution in [3.8, 4) is 11.1 Å². The van der Waals surface area contributed by atoms with Gasteiger partial charge in [0.2, 0.25) is 10.0 Å². The third-order valence-electron chi connectivity index (χ3n) is 4.28. The lowest BCUT2D eigenvalue weighted by Gasteiger charge is -2.14. The van der Waals surface area contributed by atoms with E-state index >= 15 is 0 Å². The minimum atomic E-state index is -3.57. The van der Waals surface area contributed by atoms with Crippen LogP contribution in [0.5, 0.6) is 0 Å². The number of hydrogen-bond donors (Lipinski definition) is 2. The van der Waals surface area contributed by atoms with Gasteiger partial charge in [-0.05, 0) is 30.2 Å². The summed E-state index contributed by atoms with van der Waals surface area (Å²) in [6.45, 7) is 2.47. The molecule has 29 heavy (non-hydrogen) atoms. The number of benzene rings is 2. The first kappa shape index (κ1) is 20.8. The zero-order chi connectivity index (χ0) is 20.9. The van der Waals surface area contributed by atoms with Crippen molar-refractivity contribution in [2.24, 2.45) is 0 Å². The molecule has 0 bridgehead atoms. The molecule has 2 aromatic carbocycles. The van der Waals surface area contributed by atoms with Crippen molar-refractivity contribution in [3.63, 3.8) is 0 Å². The first-order valence-corrected chi connectivity index (χ1v) is 10.8. The van der Waals surface area contributed by atoms with Crippen molar-refractivity contribution in [2.75, 3.05) is 37.4 Å². The second-order valence-corrected chi connectivity index (χ2v) is 8.53. The molecule has 0 amide bonds. The summed E-state index contributed by atoms with van der Waals surface area (Å²) < 4.78 is 27.6. The summed E-state index contributed by atoms with van der Waals surface area (Å²) in [6.07, 6.45) is 0. The molecular weight excluding hydrogens is 386 g/mol. The van der Waals surface area contributed by atoms with E-state index in [0.717, 1.165) is 16.9 Å². The van der Waals surface area contributed by atoms with Gasteiger partial charge in [-0.25, -0.2) is 23.1 Å². The maximum atomic E-state index is 12.5. The highest BCUT2D eigenvalue weighted by Gasteiger charge is 2.13. The van der Waals surface area contributed by atoms with Crippen LogP contribution < -0.4 is 14.9 Å². The number of aromatic nitrogens is 2. The number of hydrogen-bond acceptors (Lipinski definition) is 6. The van der Waals surface area contributed by atoms with Gasteiger partial charge in [0.05, 0.1) is 4.90 Å². The van der Waals surface area contributed by atoms with E-state index < -0.39 is 10.0 Å². The summed E-state index contributed by atoms with van der Waals surface area (Å²) in [7, 11) is 0.237. The third-order valence-corrected chi connectivity index (χ3v) is 5.75. The standard InChI is InChI=1S/C21H25N5O2S/c1-16-24-20(15-21(25-16)26(2)3)22-13-14-23-29(27,28)19-11-9-18(10-12-19)17-7-5-4-6-8-17/h4-12,15,23H,13-14H2,1-3H3,(H,22,24,25). The van der Waals surface area contributed by atoms with Gasteiger partial charge in [0.15, 0.2) is 0 Å². The van der Waals surface area contributed by atoms with Crippen LogP contribution in [0.15, 0.2) is 65.6 Å².